The van der Waals surface area contributed by atoms with Crippen LogP contribution < -0.4 is 11.5 Å². The lowest BCUT2D eigenvalue weighted by molar-refractivity contribution is 0.1000. The molecule has 0 spiro atoms. The molecule has 0 saturated carbocycles. The summed E-state index contributed by atoms with van der Waals surface area (Å²) >= 11 is 0. The second-order valence-electron chi connectivity index (χ2n) is 3.39. The quantitative estimate of drug-likeness (QED) is 0.649. The number of benzene rings is 1. The highest BCUT2D eigenvalue weighted by Gasteiger charge is 2.07. The van der Waals surface area contributed by atoms with E-state index in [0.29, 0.717) is 17.5 Å². The lowest BCUT2D eigenvalue weighted by Gasteiger charge is -2.08. The van der Waals surface area contributed by atoms with Gasteiger partial charge in [-0.3, -0.25) is 4.79 Å². The maximum absolute atomic E-state index is 10.9. The van der Waals surface area contributed by atoms with Crippen LogP contribution in [-0.2, 0) is 6.42 Å². The normalized spacial score (nSPS) is 12.4. The average molecular weight is 194 g/mol. The van der Waals surface area contributed by atoms with Gasteiger partial charge in [-0.2, -0.15) is 0 Å². The van der Waals surface area contributed by atoms with Crippen LogP contribution in [0.4, 0.5) is 0 Å². The molecule has 5 N–H and O–H groups in total. The third kappa shape index (κ3) is 2.47. The third-order valence-corrected chi connectivity index (χ3v) is 1.91. The van der Waals surface area contributed by atoms with Crippen LogP contribution in [0.1, 0.15) is 22.8 Å². The first-order chi connectivity index (χ1) is 6.50. The lowest BCUT2D eigenvalue weighted by atomic mass is 10.0. The third-order valence-electron chi connectivity index (χ3n) is 1.91. The van der Waals surface area contributed by atoms with E-state index in [0.717, 1.165) is 0 Å². The topological polar surface area (TPSA) is 89.3 Å². The fourth-order valence-electron chi connectivity index (χ4n) is 1.25. The minimum Gasteiger partial charge on any atom is -0.508 e. The lowest BCUT2D eigenvalue weighted by Crippen LogP contribution is -2.18. The van der Waals surface area contributed by atoms with Gasteiger partial charge in [0.05, 0.1) is 0 Å². The highest BCUT2D eigenvalue weighted by molar-refractivity contribution is 5.93. The predicted molar refractivity (Wildman–Crippen MR) is 54.0 cm³/mol. The number of phenolic OH excluding ortho intramolecular Hbond substituents is 1. The van der Waals surface area contributed by atoms with E-state index < -0.39 is 5.91 Å². The largest absolute Gasteiger partial charge is 0.508 e. The molecule has 0 saturated heterocycles. The van der Waals surface area contributed by atoms with Crippen molar-refractivity contribution in [2.24, 2.45) is 11.5 Å². The van der Waals surface area contributed by atoms with Gasteiger partial charge in [0.2, 0.25) is 5.91 Å². The minimum absolute atomic E-state index is 0.0657. The van der Waals surface area contributed by atoms with Crippen molar-refractivity contribution in [1.29, 1.82) is 0 Å². The molecular formula is C10H14N2O2. The van der Waals surface area contributed by atoms with Crippen LogP contribution in [0, 0.1) is 0 Å². The van der Waals surface area contributed by atoms with Gasteiger partial charge in [0.1, 0.15) is 5.75 Å². The van der Waals surface area contributed by atoms with Gasteiger partial charge in [-0.15, -0.1) is 0 Å². The predicted octanol–water partition coefficient (Wildman–Crippen LogP) is 0.381. The van der Waals surface area contributed by atoms with Gasteiger partial charge in [0, 0.05) is 11.6 Å². The van der Waals surface area contributed by atoms with Gasteiger partial charge in [-0.05, 0) is 37.1 Å². The number of hydrogen-bond donors (Lipinski definition) is 3. The Hall–Kier alpha value is -1.55. The van der Waals surface area contributed by atoms with Gasteiger partial charge in [0.25, 0.3) is 0 Å². The number of aromatic hydroxyl groups is 1. The highest BCUT2D eigenvalue weighted by Crippen LogP contribution is 2.19. The molecule has 0 aliphatic rings. The summed E-state index contributed by atoms with van der Waals surface area (Å²) in [6, 6.07) is 4.45. The van der Waals surface area contributed by atoms with Crippen LogP contribution in [-0.4, -0.2) is 17.1 Å². The molecule has 0 radical (unpaired) electrons. The van der Waals surface area contributed by atoms with E-state index in [1.807, 2.05) is 6.92 Å². The Balaban J connectivity index is 3.02. The summed E-state index contributed by atoms with van der Waals surface area (Å²) in [6.45, 7) is 1.83. The summed E-state index contributed by atoms with van der Waals surface area (Å²) in [6.07, 6.45) is 0.521. The molecule has 0 aliphatic heterocycles. The first-order valence-electron chi connectivity index (χ1n) is 4.38. The zero-order valence-corrected chi connectivity index (χ0v) is 8.03. The summed E-state index contributed by atoms with van der Waals surface area (Å²) in [5.74, 6) is -0.358. The smallest absolute Gasteiger partial charge is 0.248 e. The molecule has 0 aliphatic carbocycles. The fourth-order valence-corrected chi connectivity index (χ4v) is 1.25. The molecule has 0 aromatic heterocycles. The number of hydrogen-bond acceptors (Lipinski definition) is 3. The molecule has 1 atom stereocenters. The average Bonchev–Trinajstić information content (AvgIpc) is 2.07. The molecule has 1 rings (SSSR count). The van der Waals surface area contributed by atoms with Crippen LogP contribution in [0.3, 0.4) is 0 Å². The highest BCUT2D eigenvalue weighted by atomic mass is 16.3. The van der Waals surface area contributed by atoms with Gasteiger partial charge >= 0.3 is 0 Å². The van der Waals surface area contributed by atoms with Gasteiger partial charge in [-0.25, -0.2) is 0 Å². The Labute approximate surface area is 82.5 Å². The summed E-state index contributed by atoms with van der Waals surface area (Å²) in [5, 5.41) is 9.46. The first-order valence-corrected chi connectivity index (χ1v) is 4.38. The maximum Gasteiger partial charge on any atom is 0.248 e. The molecule has 1 aromatic rings. The molecule has 14 heavy (non-hydrogen) atoms. The zero-order chi connectivity index (χ0) is 10.7. The number of nitrogens with two attached hydrogens (primary N) is 2. The van der Waals surface area contributed by atoms with Crippen LogP contribution in [0.5, 0.6) is 5.75 Å². The number of carbonyl (C=O) groups excluding carboxylic acids is 1. The van der Waals surface area contributed by atoms with Crippen molar-refractivity contribution < 1.29 is 9.90 Å². The van der Waals surface area contributed by atoms with E-state index in [1.165, 1.54) is 12.1 Å². The Morgan fingerprint density at radius 3 is 2.71 bits per heavy atom. The molecule has 1 amide bonds. The monoisotopic (exact) mass is 194 g/mol. The van der Waals surface area contributed by atoms with Crippen LogP contribution in [0.25, 0.3) is 0 Å². The molecule has 1 aromatic carbocycles. The van der Waals surface area contributed by atoms with E-state index in [4.69, 9.17) is 11.5 Å². The van der Waals surface area contributed by atoms with E-state index >= 15 is 0 Å². The molecule has 0 heterocycles. The summed E-state index contributed by atoms with van der Waals surface area (Å²) in [7, 11) is 0. The first kappa shape index (κ1) is 10.5. The number of rotatable bonds is 3. The zero-order valence-electron chi connectivity index (χ0n) is 8.03. The van der Waals surface area contributed by atoms with Gasteiger partial charge in [0.15, 0.2) is 0 Å². The van der Waals surface area contributed by atoms with Gasteiger partial charge in [-0.1, -0.05) is 0 Å². The molecule has 4 heteroatoms. The fraction of sp³-hybridized carbons (Fsp3) is 0.300. The van der Waals surface area contributed by atoms with Crippen LogP contribution in [0.15, 0.2) is 18.2 Å². The number of phenols is 1. The van der Waals surface area contributed by atoms with Crippen molar-refractivity contribution in [1.82, 2.24) is 0 Å². The molecule has 0 fully saturated rings. The Morgan fingerprint density at radius 2 is 2.21 bits per heavy atom. The number of carbonyl (C=O) groups is 1. The van der Waals surface area contributed by atoms with Crippen molar-refractivity contribution in [2.75, 3.05) is 0 Å². The van der Waals surface area contributed by atoms with E-state index in [-0.39, 0.29) is 11.8 Å². The van der Waals surface area contributed by atoms with Crippen molar-refractivity contribution in [2.45, 2.75) is 19.4 Å². The Morgan fingerprint density at radius 1 is 1.57 bits per heavy atom. The molecule has 1 unspecified atom stereocenters. The molecule has 4 nitrogen and oxygen atoms in total. The van der Waals surface area contributed by atoms with E-state index in [2.05, 4.69) is 0 Å². The minimum atomic E-state index is -0.504. The molecular weight excluding hydrogens is 180 g/mol. The summed E-state index contributed by atoms with van der Waals surface area (Å²) in [4.78, 5) is 10.9. The Kier molecular flexibility index (Phi) is 3.09. The van der Waals surface area contributed by atoms with Crippen LogP contribution >= 0.6 is 0 Å². The van der Waals surface area contributed by atoms with Crippen molar-refractivity contribution in [3.63, 3.8) is 0 Å². The number of amides is 1. The van der Waals surface area contributed by atoms with E-state index in [9.17, 15) is 9.90 Å². The standard InChI is InChI=1S/C10H14N2O2/c1-6(11)4-8-5-7(10(12)14)2-3-9(8)13/h2-3,5-6,13H,4,11H2,1H3,(H2,12,14). The van der Waals surface area contributed by atoms with Crippen molar-refractivity contribution >= 4 is 5.91 Å². The summed E-state index contributed by atoms with van der Waals surface area (Å²) < 4.78 is 0. The second kappa shape index (κ2) is 4.11. The molecule has 0 bridgehead atoms. The Bertz CT molecular complexity index is 348. The maximum atomic E-state index is 10.9. The van der Waals surface area contributed by atoms with Gasteiger partial charge < -0.3 is 16.6 Å². The van der Waals surface area contributed by atoms with Crippen molar-refractivity contribution in [3.8, 4) is 5.75 Å². The van der Waals surface area contributed by atoms with E-state index in [1.54, 1.807) is 6.07 Å². The number of primary amides is 1. The SMILES string of the molecule is CC(N)Cc1cc(C(N)=O)ccc1O. The van der Waals surface area contributed by atoms with Crippen LogP contribution in [0.2, 0.25) is 0 Å². The molecule has 76 valence electrons. The van der Waals surface area contributed by atoms with Crippen molar-refractivity contribution in [3.05, 3.63) is 29.3 Å². The summed E-state index contributed by atoms with van der Waals surface area (Å²) in [5.41, 5.74) is 11.7. The second-order valence-corrected chi connectivity index (χ2v) is 3.39.